The quantitative estimate of drug-likeness (QED) is 0.749. The lowest BCUT2D eigenvalue weighted by molar-refractivity contribution is -0.123. The van der Waals surface area contributed by atoms with Gasteiger partial charge in [-0.05, 0) is 74.2 Å². The molecule has 1 atom stereocenters. The third-order valence-corrected chi connectivity index (χ3v) is 7.52. The fourth-order valence-corrected chi connectivity index (χ4v) is 5.12. The van der Waals surface area contributed by atoms with Crippen molar-refractivity contribution < 1.29 is 17.9 Å². The second kappa shape index (κ2) is 8.55. The molecule has 1 heterocycles. The summed E-state index contributed by atoms with van der Waals surface area (Å²) in [6.45, 7) is 4.67. The first-order chi connectivity index (χ1) is 13.7. The fourth-order valence-electron chi connectivity index (χ4n) is 3.59. The maximum Gasteiger partial charge on any atom is 0.243 e. The number of amides is 1. The lowest BCUT2D eigenvalue weighted by Gasteiger charge is -2.33. The molecule has 1 fully saturated rings. The smallest absolute Gasteiger partial charge is 0.243 e. The minimum atomic E-state index is -3.65. The lowest BCUT2D eigenvalue weighted by atomic mass is 9.98. The third kappa shape index (κ3) is 4.46. The van der Waals surface area contributed by atoms with Crippen LogP contribution in [0, 0.1) is 19.8 Å². The number of piperidine rings is 1. The van der Waals surface area contributed by atoms with E-state index in [-0.39, 0.29) is 23.3 Å². The van der Waals surface area contributed by atoms with Crippen LogP contribution in [0.4, 0.5) is 5.69 Å². The Labute approximate surface area is 173 Å². The number of aryl methyl sites for hydroxylation is 2. The molecule has 2 aromatic carbocycles. The van der Waals surface area contributed by atoms with E-state index in [4.69, 9.17) is 4.74 Å². The first-order valence-corrected chi connectivity index (χ1v) is 11.2. The van der Waals surface area contributed by atoms with E-state index in [2.05, 4.69) is 0 Å². The number of methoxy groups -OCH3 is 1. The average molecular weight is 417 g/mol. The van der Waals surface area contributed by atoms with Gasteiger partial charge >= 0.3 is 0 Å². The topological polar surface area (TPSA) is 66.9 Å². The van der Waals surface area contributed by atoms with E-state index < -0.39 is 10.0 Å². The molecule has 29 heavy (non-hydrogen) atoms. The Kier molecular flexibility index (Phi) is 6.29. The van der Waals surface area contributed by atoms with Crippen LogP contribution in [0.15, 0.2) is 47.4 Å². The van der Waals surface area contributed by atoms with Crippen molar-refractivity contribution in [3.05, 3.63) is 53.6 Å². The molecule has 2 aromatic rings. The zero-order valence-corrected chi connectivity index (χ0v) is 18.2. The van der Waals surface area contributed by atoms with Crippen LogP contribution in [0.1, 0.15) is 24.0 Å². The van der Waals surface area contributed by atoms with E-state index in [0.717, 1.165) is 11.3 Å². The van der Waals surface area contributed by atoms with Gasteiger partial charge in [-0.2, -0.15) is 4.31 Å². The van der Waals surface area contributed by atoms with Crippen molar-refractivity contribution in [2.75, 3.05) is 32.1 Å². The first kappa shape index (κ1) is 21.3. The minimum Gasteiger partial charge on any atom is -0.497 e. The molecule has 0 radical (unpaired) electrons. The summed E-state index contributed by atoms with van der Waals surface area (Å²) in [5.74, 6) is 0.192. The van der Waals surface area contributed by atoms with Crippen molar-refractivity contribution in [3.8, 4) is 5.75 Å². The van der Waals surface area contributed by atoms with E-state index in [1.807, 2.05) is 32.0 Å². The Bertz CT molecular complexity index is 986. The molecule has 156 valence electrons. The molecular formula is C22H28N2O4S. The molecule has 0 N–H and O–H groups in total. The predicted octanol–water partition coefficient (Wildman–Crippen LogP) is 3.38. The summed E-state index contributed by atoms with van der Waals surface area (Å²) in [7, 11) is -0.358. The number of anilines is 1. The highest BCUT2D eigenvalue weighted by Gasteiger charge is 2.34. The summed E-state index contributed by atoms with van der Waals surface area (Å²) in [5, 5.41) is 0. The number of hydrogen-bond donors (Lipinski definition) is 0. The number of hydrogen-bond acceptors (Lipinski definition) is 4. The summed E-state index contributed by atoms with van der Waals surface area (Å²) in [5.41, 5.74) is 3.12. The fraction of sp³-hybridized carbons (Fsp3) is 0.409. The maximum absolute atomic E-state index is 13.1. The average Bonchev–Trinajstić information content (AvgIpc) is 2.74. The summed E-state index contributed by atoms with van der Waals surface area (Å²) >= 11 is 0. The van der Waals surface area contributed by atoms with Gasteiger partial charge in [0.25, 0.3) is 0 Å². The highest BCUT2D eigenvalue weighted by Crippen LogP contribution is 2.27. The number of ether oxygens (including phenoxy) is 1. The van der Waals surface area contributed by atoms with Crippen LogP contribution in [0.5, 0.6) is 5.75 Å². The van der Waals surface area contributed by atoms with Gasteiger partial charge in [-0.15, -0.1) is 0 Å². The Morgan fingerprint density at radius 2 is 1.79 bits per heavy atom. The molecule has 0 saturated carbocycles. The predicted molar refractivity (Wildman–Crippen MR) is 114 cm³/mol. The summed E-state index contributed by atoms with van der Waals surface area (Å²) in [6.07, 6.45) is 1.34. The van der Waals surface area contributed by atoms with Crippen molar-refractivity contribution in [2.24, 2.45) is 5.92 Å². The standard InChI is InChI=1S/C22H28N2O4S/c1-16-7-8-19(14-17(16)2)23(3)22(25)18-6-5-13-24(15-18)29(26,27)21-11-9-20(28-4)10-12-21/h7-12,14,18H,5-6,13,15H2,1-4H3/t18-/m0/s1. The molecule has 1 amide bonds. The number of sulfonamides is 1. The number of carbonyl (C=O) groups is 1. The van der Waals surface area contributed by atoms with Crippen LogP contribution in [-0.4, -0.2) is 45.9 Å². The maximum atomic E-state index is 13.1. The molecule has 0 spiro atoms. The largest absolute Gasteiger partial charge is 0.497 e. The zero-order chi connectivity index (χ0) is 21.2. The molecule has 0 unspecified atom stereocenters. The SMILES string of the molecule is COc1ccc(S(=O)(=O)N2CCC[C@H](C(=O)N(C)c3ccc(C)c(C)c3)C2)cc1. The number of nitrogens with zero attached hydrogens (tertiary/aromatic N) is 2. The van der Waals surface area contributed by atoms with E-state index in [1.54, 1.807) is 36.2 Å². The van der Waals surface area contributed by atoms with Crippen molar-refractivity contribution in [3.63, 3.8) is 0 Å². The Morgan fingerprint density at radius 1 is 1.10 bits per heavy atom. The molecule has 0 bridgehead atoms. The highest BCUT2D eigenvalue weighted by atomic mass is 32.2. The van der Waals surface area contributed by atoms with E-state index in [0.29, 0.717) is 25.1 Å². The molecule has 6 nitrogen and oxygen atoms in total. The number of benzene rings is 2. The van der Waals surface area contributed by atoms with E-state index in [1.165, 1.54) is 17.0 Å². The number of carbonyl (C=O) groups excluding carboxylic acids is 1. The van der Waals surface area contributed by atoms with E-state index >= 15 is 0 Å². The molecule has 3 rings (SSSR count). The van der Waals surface area contributed by atoms with Crippen LogP contribution < -0.4 is 9.64 Å². The van der Waals surface area contributed by atoms with Gasteiger partial charge in [0.15, 0.2) is 0 Å². The molecule has 0 aromatic heterocycles. The third-order valence-electron chi connectivity index (χ3n) is 5.64. The highest BCUT2D eigenvalue weighted by molar-refractivity contribution is 7.89. The Balaban J connectivity index is 1.76. The Morgan fingerprint density at radius 3 is 2.41 bits per heavy atom. The zero-order valence-electron chi connectivity index (χ0n) is 17.4. The minimum absolute atomic E-state index is 0.0529. The van der Waals surface area contributed by atoms with Crippen molar-refractivity contribution in [1.82, 2.24) is 4.31 Å². The van der Waals surface area contributed by atoms with Crippen LogP contribution >= 0.6 is 0 Å². The van der Waals surface area contributed by atoms with Crippen molar-refractivity contribution >= 4 is 21.6 Å². The van der Waals surface area contributed by atoms with Crippen LogP contribution in [-0.2, 0) is 14.8 Å². The summed E-state index contributed by atoms with van der Waals surface area (Å²) in [6, 6.07) is 12.3. The van der Waals surface area contributed by atoms with Gasteiger partial charge in [0, 0.05) is 25.8 Å². The normalized spacial score (nSPS) is 17.7. The molecular weight excluding hydrogens is 388 g/mol. The molecule has 1 saturated heterocycles. The van der Waals surface area contributed by atoms with Crippen LogP contribution in [0.25, 0.3) is 0 Å². The van der Waals surface area contributed by atoms with Crippen molar-refractivity contribution in [1.29, 1.82) is 0 Å². The molecule has 1 aliphatic heterocycles. The van der Waals surface area contributed by atoms with Gasteiger partial charge in [-0.3, -0.25) is 4.79 Å². The van der Waals surface area contributed by atoms with Gasteiger partial charge < -0.3 is 9.64 Å². The molecule has 0 aliphatic carbocycles. The van der Waals surface area contributed by atoms with E-state index in [9.17, 15) is 13.2 Å². The first-order valence-electron chi connectivity index (χ1n) is 9.73. The van der Waals surface area contributed by atoms with Crippen molar-refractivity contribution in [2.45, 2.75) is 31.6 Å². The molecule has 7 heteroatoms. The van der Waals surface area contributed by atoms with Gasteiger partial charge in [-0.25, -0.2) is 8.42 Å². The van der Waals surface area contributed by atoms with Crippen LogP contribution in [0.2, 0.25) is 0 Å². The van der Waals surface area contributed by atoms with Crippen LogP contribution in [0.3, 0.4) is 0 Å². The second-order valence-electron chi connectivity index (χ2n) is 7.54. The Hall–Kier alpha value is -2.38. The van der Waals surface area contributed by atoms with Gasteiger partial charge in [0.05, 0.1) is 17.9 Å². The van der Waals surface area contributed by atoms with Gasteiger partial charge in [0.1, 0.15) is 5.75 Å². The lowest BCUT2D eigenvalue weighted by Crippen LogP contribution is -2.45. The second-order valence-corrected chi connectivity index (χ2v) is 9.48. The summed E-state index contributed by atoms with van der Waals surface area (Å²) in [4.78, 5) is 14.9. The number of rotatable bonds is 5. The monoisotopic (exact) mass is 416 g/mol. The molecule has 1 aliphatic rings. The van der Waals surface area contributed by atoms with Gasteiger partial charge in [-0.1, -0.05) is 6.07 Å². The van der Waals surface area contributed by atoms with Gasteiger partial charge in [0.2, 0.25) is 15.9 Å². The summed E-state index contributed by atoms with van der Waals surface area (Å²) < 4.78 is 32.6.